The Balaban J connectivity index is 1.64. The van der Waals surface area contributed by atoms with Gasteiger partial charge < -0.3 is 13.9 Å². The molecule has 3 rings (SSSR count). The number of fused-ring (bicyclic) bond motifs is 1. The van der Waals surface area contributed by atoms with E-state index in [0.29, 0.717) is 27.2 Å². The highest BCUT2D eigenvalue weighted by Gasteiger charge is 2.21. The Labute approximate surface area is 152 Å². The predicted molar refractivity (Wildman–Crippen MR) is 94.6 cm³/mol. The van der Waals surface area contributed by atoms with Gasteiger partial charge in [-0.05, 0) is 36.6 Å². The summed E-state index contributed by atoms with van der Waals surface area (Å²) in [4.78, 5) is 36.1. The van der Waals surface area contributed by atoms with Gasteiger partial charge >= 0.3 is 5.97 Å². The highest BCUT2D eigenvalue weighted by Crippen LogP contribution is 2.29. The minimum Gasteiger partial charge on any atom is -0.497 e. The van der Waals surface area contributed by atoms with Gasteiger partial charge in [-0.2, -0.15) is 0 Å². The first-order chi connectivity index (χ1) is 12.5. The monoisotopic (exact) mass is 373 g/mol. The van der Waals surface area contributed by atoms with Crippen LogP contribution in [0.5, 0.6) is 5.75 Å². The predicted octanol–water partition coefficient (Wildman–Crippen LogP) is 2.92. The Morgan fingerprint density at radius 2 is 2.04 bits per heavy atom. The lowest BCUT2D eigenvalue weighted by Gasteiger charge is -2.04. The highest BCUT2D eigenvalue weighted by molar-refractivity contribution is 7.12. The smallest absolute Gasteiger partial charge is 0.375 e. The summed E-state index contributed by atoms with van der Waals surface area (Å²) in [5.74, 6) is -1.39. The number of amides is 2. The third kappa shape index (κ3) is 3.60. The van der Waals surface area contributed by atoms with Crippen LogP contribution in [0.15, 0.2) is 40.1 Å². The van der Waals surface area contributed by atoms with Crippen LogP contribution < -0.4 is 10.1 Å². The Kier molecular flexibility index (Phi) is 5.04. The van der Waals surface area contributed by atoms with Crippen molar-refractivity contribution in [3.8, 4) is 5.75 Å². The first-order valence-electron chi connectivity index (χ1n) is 7.61. The number of carbonyl (C=O) groups excluding carboxylic acids is 3. The molecule has 0 aliphatic carbocycles. The quantitative estimate of drug-likeness (QED) is 0.691. The molecule has 0 aliphatic rings. The lowest BCUT2D eigenvalue weighted by Crippen LogP contribution is -2.33. The number of aryl methyl sites for hydroxylation is 1. The van der Waals surface area contributed by atoms with E-state index in [-0.39, 0.29) is 5.76 Å². The number of hydrogen-bond donors (Lipinski definition) is 1. The molecule has 7 nitrogen and oxygen atoms in total. The van der Waals surface area contributed by atoms with E-state index < -0.39 is 24.4 Å². The van der Waals surface area contributed by atoms with Crippen LogP contribution in [0.1, 0.15) is 25.8 Å². The van der Waals surface area contributed by atoms with Crippen LogP contribution in [0.25, 0.3) is 11.0 Å². The van der Waals surface area contributed by atoms with Crippen molar-refractivity contribution in [1.82, 2.24) is 5.32 Å². The number of furan rings is 1. The van der Waals surface area contributed by atoms with E-state index in [0.717, 1.165) is 0 Å². The third-order valence-corrected chi connectivity index (χ3v) is 4.53. The SMILES string of the molecule is COc1ccc2oc(C(=O)OCC(=O)NC(=O)c3cccs3)c(C)c2c1. The molecule has 8 heteroatoms. The fourth-order valence-corrected chi connectivity index (χ4v) is 2.97. The molecule has 2 heterocycles. The van der Waals surface area contributed by atoms with E-state index in [1.54, 1.807) is 49.7 Å². The van der Waals surface area contributed by atoms with Crippen molar-refractivity contribution in [1.29, 1.82) is 0 Å². The van der Waals surface area contributed by atoms with Crippen LogP contribution in [0.2, 0.25) is 0 Å². The van der Waals surface area contributed by atoms with Gasteiger partial charge in [0.25, 0.3) is 11.8 Å². The fraction of sp³-hybridized carbons (Fsp3) is 0.167. The number of esters is 1. The Hall–Kier alpha value is -3.13. The lowest BCUT2D eigenvalue weighted by molar-refractivity contribution is -0.123. The number of rotatable bonds is 5. The van der Waals surface area contributed by atoms with E-state index in [4.69, 9.17) is 13.9 Å². The molecule has 0 fully saturated rings. The van der Waals surface area contributed by atoms with Crippen LogP contribution in [-0.2, 0) is 9.53 Å². The molecular weight excluding hydrogens is 358 g/mol. The van der Waals surface area contributed by atoms with Crippen molar-refractivity contribution in [2.45, 2.75) is 6.92 Å². The normalized spacial score (nSPS) is 10.5. The van der Waals surface area contributed by atoms with Crippen molar-refractivity contribution in [3.05, 3.63) is 51.9 Å². The van der Waals surface area contributed by atoms with E-state index in [2.05, 4.69) is 5.32 Å². The van der Waals surface area contributed by atoms with Crippen molar-refractivity contribution < 1.29 is 28.3 Å². The molecule has 0 atom stereocenters. The number of imide groups is 1. The number of nitrogens with one attached hydrogen (secondary N) is 1. The Morgan fingerprint density at radius 3 is 2.73 bits per heavy atom. The van der Waals surface area contributed by atoms with Gasteiger partial charge in [0.2, 0.25) is 5.76 Å². The molecule has 26 heavy (non-hydrogen) atoms. The number of methoxy groups -OCH3 is 1. The molecule has 0 aliphatic heterocycles. The van der Waals surface area contributed by atoms with Crippen molar-refractivity contribution in [2.75, 3.05) is 13.7 Å². The van der Waals surface area contributed by atoms with Crippen LogP contribution in [0.3, 0.4) is 0 Å². The summed E-state index contributed by atoms with van der Waals surface area (Å²) in [5.41, 5.74) is 1.09. The average molecular weight is 373 g/mol. The van der Waals surface area contributed by atoms with Crippen LogP contribution >= 0.6 is 11.3 Å². The maximum absolute atomic E-state index is 12.2. The zero-order valence-electron chi connectivity index (χ0n) is 14.0. The second-order valence-electron chi connectivity index (χ2n) is 5.35. The third-order valence-electron chi connectivity index (χ3n) is 3.66. The molecule has 0 bridgehead atoms. The molecule has 134 valence electrons. The number of carbonyl (C=O) groups is 3. The van der Waals surface area contributed by atoms with Crippen molar-refractivity contribution in [3.63, 3.8) is 0 Å². The summed E-state index contributed by atoms with van der Waals surface area (Å²) in [6, 6.07) is 8.43. The molecule has 0 spiro atoms. The molecule has 2 aromatic heterocycles. The molecule has 0 saturated heterocycles. The number of thiophene rings is 1. The van der Waals surface area contributed by atoms with Gasteiger partial charge in [-0.3, -0.25) is 14.9 Å². The standard InChI is InChI=1S/C18H15NO6S/c1-10-12-8-11(23-2)5-6-13(12)25-16(10)18(22)24-9-15(20)19-17(21)14-4-3-7-26-14/h3-8H,9H2,1-2H3,(H,19,20,21). The lowest BCUT2D eigenvalue weighted by atomic mass is 10.1. The number of ether oxygens (including phenoxy) is 2. The van der Waals surface area contributed by atoms with E-state index in [9.17, 15) is 14.4 Å². The van der Waals surface area contributed by atoms with Gasteiger partial charge in [-0.15, -0.1) is 11.3 Å². The van der Waals surface area contributed by atoms with Gasteiger partial charge in [-0.1, -0.05) is 6.07 Å². The molecule has 0 radical (unpaired) electrons. The molecule has 1 aromatic carbocycles. The maximum atomic E-state index is 12.2. The Bertz CT molecular complexity index is 973. The second kappa shape index (κ2) is 7.40. The van der Waals surface area contributed by atoms with Gasteiger partial charge in [0.05, 0.1) is 12.0 Å². The molecule has 3 aromatic rings. The largest absolute Gasteiger partial charge is 0.497 e. The van der Waals surface area contributed by atoms with Gasteiger partial charge in [-0.25, -0.2) is 4.79 Å². The fourth-order valence-electron chi connectivity index (χ4n) is 2.35. The zero-order chi connectivity index (χ0) is 18.7. The average Bonchev–Trinajstić information content (AvgIpc) is 3.28. The molecular formula is C18H15NO6S. The van der Waals surface area contributed by atoms with Crippen LogP contribution in [0.4, 0.5) is 0 Å². The maximum Gasteiger partial charge on any atom is 0.375 e. The summed E-state index contributed by atoms with van der Waals surface area (Å²) in [6.07, 6.45) is 0. The van der Waals surface area contributed by atoms with E-state index >= 15 is 0 Å². The van der Waals surface area contributed by atoms with Crippen LogP contribution in [-0.4, -0.2) is 31.5 Å². The Morgan fingerprint density at radius 1 is 1.23 bits per heavy atom. The van der Waals surface area contributed by atoms with Gasteiger partial charge in [0.1, 0.15) is 11.3 Å². The summed E-state index contributed by atoms with van der Waals surface area (Å²) < 4.78 is 15.6. The summed E-state index contributed by atoms with van der Waals surface area (Å²) in [7, 11) is 1.54. The highest BCUT2D eigenvalue weighted by atomic mass is 32.1. The topological polar surface area (TPSA) is 94.8 Å². The van der Waals surface area contributed by atoms with Gasteiger partial charge in [0.15, 0.2) is 6.61 Å². The van der Waals surface area contributed by atoms with Crippen molar-refractivity contribution in [2.24, 2.45) is 0 Å². The summed E-state index contributed by atoms with van der Waals surface area (Å²) >= 11 is 1.20. The molecule has 2 amide bonds. The zero-order valence-corrected chi connectivity index (χ0v) is 14.8. The minimum absolute atomic E-state index is 0.00522. The first-order valence-corrected chi connectivity index (χ1v) is 8.49. The first kappa shape index (κ1) is 17.7. The molecule has 0 unspecified atom stereocenters. The van der Waals surface area contributed by atoms with E-state index in [1.165, 1.54) is 11.3 Å². The second-order valence-corrected chi connectivity index (χ2v) is 6.30. The molecule has 0 saturated carbocycles. The van der Waals surface area contributed by atoms with E-state index in [1.807, 2.05) is 0 Å². The van der Waals surface area contributed by atoms with Gasteiger partial charge in [0, 0.05) is 10.9 Å². The van der Waals surface area contributed by atoms with Crippen molar-refractivity contribution >= 4 is 40.1 Å². The van der Waals surface area contributed by atoms with Crippen LogP contribution in [0, 0.1) is 6.92 Å². The summed E-state index contributed by atoms with van der Waals surface area (Å²) in [6.45, 7) is 1.12. The minimum atomic E-state index is -0.781. The summed E-state index contributed by atoms with van der Waals surface area (Å²) in [5, 5.41) is 4.59. The number of hydrogen-bond acceptors (Lipinski definition) is 7. The molecule has 1 N–H and O–H groups in total. The number of benzene rings is 1.